The summed E-state index contributed by atoms with van der Waals surface area (Å²) >= 11 is 4.86. The minimum absolute atomic E-state index is 0.494. The first-order valence-electron chi connectivity index (χ1n) is 4.63. The third kappa shape index (κ3) is 2.10. The van der Waals surface area contributed by atoms with E-state index in [1.807, 2.05) is 24.3 Å². The first kappa shape index (κ1) is 9.98. The lowest BCUT2D eigenvalue weighted by Crippen LogP contribution is -2.10. The van der Waals surface area contributed by atoms with Gasteiger partial charge in [-0.25, -0.2) is 0 Å². The summed E-state index contributed by atoms with van der Waals surface area (Å²) in [6, 6.07) is 7.95. The van der Waals surface area contributed by atoms with Crippen molar-refractivity contribution in [2.45, 2.75) is 6.42 Å². The Kier molecular flexibility index (Phi) is 2.60. The molecule has 1 aromatic carbocycles. The van der Waals surface area contributed by atoms with Crippen molar-refractivity contribution < 1.29 is 4.74 Å². The maximum Gasteiger partial charge on any atom is 0.120 e. The standard InChI is InChI=1S/C11H12N2OS/c1-14-9-3-2-7-4-8(5-11(12)15)13-10(7)6-9/h2-4,6,13H,5H2,1H3,(H2,12,15). The molecule has 0 aliphatic heterocycles. The Hall–Kier alpha value is -1.55. The fourth-order valence-electron chi connectivity index (χ4n) is 1.58. The molecular formula is C11H12N2OS. The highest BCUT2D eigenvalue weighted by Gasteiger charge is 2.02. The predicted octanol–water partition coefficient (Wildman–Crippen LogP) is 2.01. The van der Waals surface area contributed by atoms with E-state index in [0.717, 1.165) is 22.3 Å². The number of nitrogens with two attached hydrogens (primary N) is 1. The van der Waals surface area contributed by atoms with Gasteiger partial charge < -0.3 is 15.5 Å². The summed E-state index contributed by atoms with van der Waals surface area (Å²) in [6.07, 6.45) is 0.604. The zero-order valence-corrected chi connectivity index (χ0v) is 9.23. The monoisotopic (exact) mass is 220 g/mol. The molecule has 0 spiro atoms. The number of ether oxygens (including phenoxy) is 1. The van der Waals surface area contributed by atoms with Crippen LogP contribution in [-0.2, 0) is 6.42 Å². The van der Waals surface area contributed by atoms with E-state index >= 15 is 0 Å². The van der Waals surface area contributed by atoms with Crippen molar-refractivity contribution in [3.05, 3.63) is 30.0 Å². The van der Waals surface area contributed by atoms with Gasteiger partial charge in [-0.1, -0.05) is 12.2 Å². The molecule has 1 heterocycles. The number of hydrogen-bond donors (Lipinski definition) is 2. The van der Waals surface area contributed by atoms with Crippen molar-refractivity contribution in [2.24, 2.45) is 5.73 Å². The number of nitrogens with one attached hydrogen (secondary N) is 1. The molecule has 0 aliphatic rings. The first-order valence-corrected chi connectivity index (χ1v) is 5.04. The lowest BCUT2D eigenvalue weighted by molar-refractivity contribution is 0.415. The second-order valence-corrected chi connectivity index (χ2v) is 3.92. The normalized spacial score (nSPS) is 10.5. The van der Waals surface area contributed by atoms with Crippen LogP contribution in [0.3, 0.4) is 0 Å². The molecule has 1 aromatic heterocycles. The molecule has 2 aromatic rings. The van der Waals surface area contributed by atoms with E-state index in [2.05, 4.69) is 4.98 Å². The highest BCUT2D eigenvalue weighted by Crippen LogP contribution is 2.21. The van der Waals surface area contributed by atoms with Crippen molar-refractivity contribution in [3.63, 3.8) is 0 Å². The Balaban J connectivity index is 2.42. The second-order valence-electron chi connectivity index (χ2n) is 3.39. The van der Waals surface area contributed by atoms with Crippen LogP contribution in [0.5, 0.6) is 5.75 Å². The molecular weight excluding hydrogens is 208 g/mol. The molecule has 0 saturated heterocycles. The molecule has 0 amide bonds. The van der Waals surface area contributed by atoms with Gasteiger partial charge in [0.2, 0.25) is 0 Å². The number of H-pyrrole nitrogens is 1. The summed E-state index contributed by atoms with van der Waals surface area (Å²) in [5, 5.41) is 1.14. The van der Waals surface area contributed by atoms with Crippen LogP contribution in [0, 0.1) is 0 Å². The van der Waals surface area contributed by atoms with Gasteiger partial charge in [-0.05, 0) is 23.6 Å². The summed E-state index contributed by atoms with van der Waals surface area (Å²) in [6.45, 7) is 0. The highest BCUT2D eigenvalue weighted by atomic mass is 32.1. The van der Waals surface area contributed by atoms with Crippen LogP contribution in [0.2, 0.25) is 0 Å². The zero-order valence-electron chi connectivity index (χ0n) is 8.41. The van der Waals surface area contributed by atoms with Gasteiger partial charge in [-0.2, -0.15) is 0 Å². The number of aromatic nitrogens is 1. The SMILES string of the molecule is COc1ccc2cc(CC(N)=S)[nH]c2c1. The largest absolute Gasteiger partial charge is 0.497 e. The Labute approximate surface area is 93.2 Å². The maximum absolute atomic E-state index is 5.49. The van der Waals surface area contributed by atoms with Crippen molar-refractivity contribution in [2.75, 3.05) is 7.11 Å². The van der Waals surface area contributed by atoms with Crippen molar-refractivity contribution in [1.82, 2.24) is 4.98 Å². The summed E-state index contributed by atoms with van der Waals surface area (Å²) in [5.41, 5.74) is 7.56. The number of hydrogen-bond acceptors (Lipinski definition) is 2. The van der Waals surface area contributed by atoms with Crippen LogP contribution in [-0.4, -0.2) is 17.1 Å². The van der Waals surface area contributed by atoms with Gasteiger partial charge in [0.25, 0.3) is 0 Å². The molecule has 3 N–H and O–H groups in total. The molecule has 3 nitrogen and oxygen atoms in total. The van der Waals surface area contributed by atoms with Crippen LogP contribution in [0.15, 0.2) is 24.3 Å². The summed E-state index contributed by atoms with van der Waals surface area (Å²) in [5.74, 6) is 0.839. The van der Waals surface area contributed by atoms with Crippen LogP contribution < -0.4 is 10.5 Å². The fraction of sp³-hybridized carbons (Fsp3) is 0.182. The molecule has 0 unspecified atom stereocenters. The van der Waals surface area contributed by atoms with E-state index < -0.39 is 0 Å². The van der Waals surface area contributed by atoms with E-state index in [1.54, 1.807) is 7.11 Å². The molecule has 4 heteroatoms. The lowest BCUT2D eigenvalue weighted by atomic mass is 10.2. The maximum atomic E-state index is 5.49. The minimum Gasteiger partial charge on any atom is -0.497 e. The van der Waals surface area contributed by atoms with Crippen LogP contribution in [0.1, 0.15) is 5.69 Å². The lowest BCUT2D eigenvalue weighted by Gasteiger charge is -1.97. The number of aromatic amines is 1. The summed E-state index contributed by atoms with van der Waals surface area (Å²) in [7, 11) is 1.65. The Morgan fingerprint density at radius 3 is 2.93 bits per heavy atom. The van der Waals surface area contributed by atoms with E-state index in [9.17, 15) is 0 Å². The van der Waals surface area contributed by atoms with Crippen LogP contribution in [0.25, 0.3) is 10.9 Å². The van der Waals surface area contributed by atoms with E-state index in [1.165, 1.54) is 0 Å². The molecule has 0 radical (unpaired) electrons. The molecule has 0 bridgehead atoms. The van der Waals surface area contributed by atoms with E-state index in [0.29, 0.717) is 11.4 Å². The Morgan fingerprint density at radius 2 is 2.27 bits per heavy atom. The number of benzene rings is 1. The third-order valence-corrected chi connectivity index (χ3v) is 2.39. The van der Waals surface area contributed by atoms with Gasteiger partial charge in [0.05, 0.1) is 12.1 Å². The highest BCUT2D eigenvalue weighted by molar-refractivity contribution is 7.80. The van der Waals surface area contributed by atoms with Crippen molar-refractivity contribution in [1.29, 1.82) is 0 Å². The molecule has 0 atom stereocenters. The molecule has 15 heavy (non-hydrogen) atoms. The smallest absolute Gasteiger partial charge is 0.120 e. The fourth-order valence-corrected chi connectivity index (χ4v) is 1.73. The second kappa shape index (κ2) is 3.90. The molecule has 0 fully saturated rings. The van der Waals surface area contributed by atoms with Gasteiger partial charge in [-0.15, -0.1) is 0 Å². The van der Waals surface area contributed by atoms with Gasteiger partial charge in [0, 0.05) is 23.7 Å². The third-order valence-electron chi connectivity index (χ3n) is 2.25. The van der Waals surface area contributed by atoms with Crippen molar-refractivity contribution in [3.8, 4) is 5.75 Å². The summed E-state index contributed by atoms with van der Waals surface area (Å²) in [4.78, 5) is 3.75. The Bertz CT molecular complexity index is 504. The topological polar surface area (TPSA) is 51.0 Å². The average molecular weight is 220 g/mol. The minimum atomic E-state index is 0.494. The Morgan fingerprint density at radius 1 is 1.47 bits per heavy atom. The molecule has 78 valence electrons. The van der Waals surface area contributed by atoms with Gasteiger partial charge >= 0.3 is 0 Å². The quantitative estimate of drug-likeness (QED) is 0.778. The predicted molar refractivity (Wildman–Crippen MR) is 65.3 cm³/mol. The molecule has 0 aliphatic carbocycles. The molecule has 0 saturated carbocycles. The van der Waals surface area contributed by atoms with Gasteiger partial charge in [0.1, 0.15) is 5.75 Å². The number of fused-ring (bicyclic) bond motifs is 1. The number of rotatable bonds is 3. The number of thiocarbonyl (C=S) groups is 1. The molecule has 2 rings (SSSR count). The van der Waals surface area contributed by atoms with Crippen LogP contribution in [0.4, 0.5) is 0 Å². The van der Waals surface area contributed by atoms with Crippen LogP contribution >= 0.6 is 12.2 Å². The zero-order chi connectivity index (χ0) is 10.8. The average Bonchev–Trinajstić information content (AvgIpc) is 2.57. The van der Waals surface area contributed by atoms with Gasteiger partial charge in [0.15, 0.2) is 0 Å². The van der Waals surface area contributed by atoms with E-state index in [-0.39, 0.29) is 0 Å². The van der Waals surface area contributed by atoms with Gasteiger partial charge in [-0.3, -0.25) is 0 Å². The first-order chi connectivity index (χ1) is 7.19. The number of methoxy groups -OCH3 is 1. The van der Waals surface area contributed by atoms with Crippen molar-refractivity contribution >= 4 is 28.1 Å². The summed E-state index contributed by atoms with van der Waals surface area (Å²) < 4.78 is 5.14. The van der Waals surface area contributed by atoms with E-state index in [4.69, 9.17) is 22.7 Å².